The van der Waals surface area contributed by atoms with Gasteiger partial charge in [-0.2, -0.15) is 0 Å². The lowest BCUT2D eigenvalue weighted by molar-refractivity contribution is 0.284. The van der Waals surface area contributed by atoms with Gasteiger partial charge in [-0.05, 0) is 45.9 Å². The molecule has 1 aromatic rings. The zero-order valence-electron chi connectivity index (χ0n) is 11.2. The van der Waals surface area contributed by atoms with Gasteiger partial charge in [-0.3, -0.25) is 0 Å². The molecule has 0 amide bonds. The van der Waals surface area contributed by atoms with E-state index in [0.29, 0.717) is 11.2 Å². The number of hydrogen-bond acceptors (Lipinski definition) is 4. The Labute approximate surface area is 108 Å². The van der Waals surface area contributed by atoms with Gasteiger partial charge in [-0.1, -0.05) is 11.6 Å². The molecule has 0 aliphatic rings. The van der Waals surface area contributed by atoms with Crippen LogP contribution in [0.4, 0.5) is 5.82 Å². The van der Waals surface area contributed by atoms with Crippen LogP contribution in [0.5, 0.6) is 0 Å². The maximum atomic E-state index is 5.90. The Kier molecular flexibility index (Phi) is 5.15. The van der Waals surface area contributed by atoms with Gasteiger partial charge in [0.2, 0.25) is 0 Å². The topological polar surface area (TPSA) is 41.1 Å². The SMILES string of the molecule is Cc1c(Cl)nnc(NCCN(C)C(C)C)c1C. The zero-order valence-corrected chi connectivity index (χ0v) is 12.0. The summed E-state index contributed by atoms with van der Waals surface area (Å²) in [6.45, 7) is 10.1. The van der Waals surface area contributed by atoms with Crippen molar-refractivity contribution in [1.82, 2.24) is 15.1 Å². The number of hydrogen-bond donors (Lipinski definition) is 1. The molecule has 5 heteroatoms. The first-order valence-corrected chi connectivity index (χ1v) is 6.24. The number of nitrogens with zero attached hydrogens (tertiary/aromatic N) is 3. The molecule has 0 aliphatic carbocycles. The second-order valence-electron chi connectivity index (χ2n) is 4.59. The van der Waals surface area contributed by atoms with Crippen LogP contribution < -0.4 is 5.32 Å². The maximum absolute atomic E-state index is 5.90. The average Bonchev–Trinajstić information content (AvgIpc) is 2.28. The lowest BCUT2D eigenvalue weighted by atomic mass is 10.2. The van der Waals surface area contributed by atoms with Gasteiger partial charge in [0.15, 0.2) is 11.0 Å². The Balaban J connectivity index is 2.56. The van der Waals surface area contributed by atoms with Gasteiger partial charge >= 0.3 is 0 Å². The van der Waals surface area contributed by atoms with Crippen molar-refractivity contribution in [2.24, 2.45) is 0 Å². The predicted octanol–water partition coefficient (Wildman–Crippen LogP) is 2.50. The lowest BCUT2D eigenvalue weighted by Crippen LogP contribution is -2.31. The largest absolute Gasteiger partial charge is 0.367 e. The minimum absolute atomic E-state index is 0.479. The third-order valence-corrected chi connectivity index (χ3v) is 3.46. The number of rotatable bonds is 5. The summed E-state index contributed by atoms with van der Waals surface area (Å²) in [5.74, 6) is 0.823. The van der Waals surface area contributed by atoms with Crippen LogP contribution >= 0.6 is 11.6 Å². The van der Waals surface area contributed by atoms with Crippen LogP contribution in [-0.2, 0) is 0 Å². The lowest BCUT2D eigenvalue weighted by Gasteiger charge is -2.21. The van der Waals surface area contributed by atoms with Gasteiger partial charge < -0.3 is 10.2 Å². The molecular weight excluding hydrogens is 236 g/mol. The molecule has 0 saturated carbocycles. The monoisotopic (exact) mass is 256 g/mol. The van der Waals surface area contributed by atoms with Crippen LogP contribution in [0.3, 0.4) is 0 Å². The molecule has 17 heavy (non-hydrogen) atoms. The molecule has 0 unspecified atom stereocenters. The van der Waals surface area contributed by atoms with Crippen molar-refractivity contribution in [2.75, 3.05) is 25.5 Å². The first kappa shape index (κ1) is 14.2. The van der Waals surface area contributed by atoms with E-state index in [2.05, 4.69) is 41.3 Å². The van der Waals surface area contributed by atoms with Gasteiger partial charge in [-0.15, -0.1) is 10.2 Å². The number of anilines is 1. The maximum Gasteiger partial charge on any atom is 0.155 e. The molecule has 4 nitrogen and oxygen atoms in total. The van der Waals surface area contributed by atoms with Crippen molar-refractivity contribution in [1.29, 1.82) is 0 Å². The average molecular weight is 257 g/mol. The number of aromatic nitrogens is 2. The van der Waals surface area contributed by atoms with Crippen molar-refractivity contribution in [2.45, 2.75) is 33.7 Å². The highest BCUT2D eigenvalue weighted by Gasteiger charge is 2.08. The van der Waals surface area contributed by atoms with E-state index in [1.165, 1.54) is 0 Å². The first-order valence-electron chi connectivity index (χ1n) is 5.87. The van der Waals surface area contributed by atoms with Crippen LogP contribution in [-0.4, -0.2) is 41.3 Å². The molecule has 1 heterocycles. The number of halogens is 1. The third kappa shape index (κ3) is 3.82. The summed E-state index contributed by atoms with van der Waals surface area (Å²) in [7, 11) is 2.11. The Bertz CT molecular complexity index is 379. The van der Waals surface area contributed by atoms with Crippen molar-refractivity contribution in [3.05, 3.63) is 16.3 Å². The summed E-state index contributed by atoms with van der Waals surface area (Å²) in [6, 6.07) is 0.552. The standard InChI is InChI=1S/C12H21ClN4/c1-8(2)17(5)7-6-14-12-10(4)9(3)11(13)15-16-12/h8H,6-7H2,1-5H3,(H,14,16). The quantitative estimate of drug-likeness (QED) is 0.879. The smallest absolute Gasteiger partial charge is 0.155 e. The Morgan fingerprint density at radius 3 is 2.47 bits per heavy atom. The highest BCUT2D eigenvalue weighted by atomic mass is 35.5. The van der Waals surface area contributed by atoms with E-state index in [-0.39, 0.29) is 0 Å². The van der Waals surface area contributed by atoms with E-state index >= 15 is 0 Å². The van der Waals surface area contributed by atoms with Crippen molar-refractivity contribution < 1.29 is 0 Å². The Hall–Kier alpha value is -0.870. The molecule has 0 atom stereocenters. The second kappa shape index (κ2) is 6.17. The molecule has 1 N–H and O–H groups in total. The highest BCUT2D eigenvalue weighted by Crippen LogP contribution is 2.20. The fraction of sp³-hybridized carbons (Fsp3) is 0.667. The van der Waals surface area contributed by atoms with E-state index in [0.717, 1.165) is 30.0 Å². The molecule has 1 aromatic heterocycles. The molecule has 1 rings (SSSR count). The van der Waals surface area contributed by atoms with Crippen LogP contribution in [0.1, 0.15) is 25.0 Å². The van der Waals surface area contributed by atoms with E-state index < -0.39 is 0 Å². The molecular formula is C12H21ClN4. The van der Waals surface area contributed by atoms with Crippen molar-refractivity contribution >= 4 is 17.4 Å². The van der Waals surface area contributed by atoms with Crippen LogP contribution in [0, 0.1) is 13.8 Å². The number of likely N-dealkylation sites (N-methyl/N-ethyl adjacent to an activating group) is 1. The van der Waals surface area contributed by atoms with Gasteiger partial charge in [0, 0.05) is 19.1 Å². The van der Waals surface area contributed by atoms with E-state index in [9.17, 15) is 0 Å². The van der Waals surface area contributed by atoms with Crippen molar-refractivity contribution in [3.63, 3.8) is 0 Å². The van der Waals surface area contributed by atoms with Crippen LogP contribution in [0.25, 0.3) is 0 Å². The third-order valence-electron chi connectivity index (χ3n) is 3.10. The molecule has 96 valence electrons. The fourth-order valence-electron chi connectivity index (χ4n) is 1.35. The Morgan fingerprint density at radius 2 is 1.88 bits per heavy atom. The molecule has 0 saturated heterocycles. The minimum atomic E-state index is 0.479. The van der Waals surface area contributed by atoms with Crippen molar-refractivity contribution in [3.8, 4) is 0 Å². The van der Waals surface area contributed by atoms with Gasteiger partial charge in [0.25, 0.3) is 0 Å². The van der Waals surface area contributed by atoms with Crippen LogP contribution in [0.15, 0.2) is 0 Å². The van der Waals surface area contributed by atoms with E-state index in [4.69, 9.17) is 11.6 Å². The highest BCUT2D eigenvalue weighted by molar-refractivity contribution is 6.30. The van der Waals surface area contributed by atoms with E-state index in [1.807, 2.05) is 13.8 Å². The summed E-state index contributed by atoms with van der Waals surface area (Å²) >= 11 is 5.90. The molecule has 0 bridgehead atoms. The summed E-state index contributed by atoms with van der Waals surface area (Å²) in [6.07, 6.45) is 0. The molecule has 0 fully saturated rings. The fourth-order valence-corrected chi connectivity index (χ4v) is 1.53. The summed E-state index contributed by atoms with van der Waals surface area (Å²) in [5, 5.41) is 11.8. The first-order chi connectivity index (χ1) is 7.93. The molecule has 0 aromatic carbocycles. The summed E-state index contributed by atoms with van der Waals surface area (Å²) in [5.41, 5.74) is 2.05. The van der Waals surface area contributed by atoms with Gasteiger partial charge in [-0.25, -0.2) is 0 Å². The van der Waals surface area contributed by atoms with Crippen LogP contribution in [0.2, 0.25) is 5.15 Å². The minimum Gasteiger partial charge on any atom is -0.367 e. The Morgan fingerprint density at radius 1 is 1.24 bits per heavy atom. The normalized spacial score (nSPS) is 11.3. The molecule has 0 aliphatic heterocycles. The second-order valence-corrected chi connectivity index (χ2v) is 4.95. The molecule has 0 radical (unpaired) electrons. The number of nitrogens with one attached hydrogen (secondary N) is 1. The van der Waals surface area contributed by atoms with Gasteiger partial charge in [0.05, 0.1) is 0 Å². The molecule has 0 spiro atoms. The predicted molar refractivity (Wildman–Crippen MR) is 72.8 cm³/mol. The van der Waals surface area contributed by atoms with Gasteiger partial charge in [0.1, 0.15) is 0 Å². The summed E-state index contributed by atoms with van der Waals surface area (Å²) < 4.78 is 0. The zero-order chi connectivity index (χ0) is 13.0. The summed E-state index contributed by atoms with van der Waals surface area (Å²) in [4.78, 5) is 2.28. The van der Waals surface area contributed by atoms with E-state index in [1.54, 1.807) is 0 Å².